The number of amides is 3. The number of nitrogens with zero attached hydrogens (tertiary/aromatic N) is 3. The Kier molecular flexibility index (Phi) is 12.2. The van der Waals surface area contributed by atoms with Crippen LogP contribution in [0, 0.1) is 18.8 Å². The Hall–Kier alpha value is -4.24. The Morgan fingerprint density at radius 2 is 1.79 bits per heavy atom. The van der Waals surface area contributed by atoms with Gasteiger partial charge in [0.05, 0.1) is 28.9 Å². The average Bonchev–Trinajstić information content (AvgIpc) is 4.11. The normalized spacial score (nSPS) is 29.5. The van der Waals surface area contributed by atoms with E-state index in [2.05, 4.69) is 14.9 Å². The van der Waals surface area contributed by atoms with Gasteiger partial charge >= 0.3 is 5.97 Å². The van der Waals surface area contributed by atoms with Gasteiger partial charge < -0.3 is 24.4 Å². The highest BCUT2D eigenvalue weighted by molar-refractivity contribution is 7.91. The number of sulfonamides is 1. The number of aromatic nitrogens is 1. The smallest absolute Gasteiger partial charge is 0.307 e. The highest BCUT2D eigenvalue weighted by atomic mass is 32.2. The minimum atomic E-state index is -3.99. The first kappa shape index (κ1) is 44.4. The summed E-state index contributed by atoms with van der Waals surface area (Å²) in [5.74, 6) is -1.94. The Morgan fingerprint density at radius 3 is 2.53 bits per heavy atom. The molecule has 5 atom stereocenters. The maximum atomic E-state index is 14.9. The zero-order valence-electron chi connectivity index (χ0n) is 37.2. The van der Waals surface area contributed by atoms with Gasteiger partial charge in [0.25, 0.3) is 5.91 Å². The van der Waals surface area contributed by atoms with Gasteiger partial charge in [-0.15, -0.1) is 0 Å². The van der Waals surface area contributed by atoms with E-state index in [9.17, 15) is 27.6 Å². The lowest BCUT2D eigenvalue weighted by Crippen LogP contribution is -2.57. The summed E-state index contributed by atoms with van der Waals surface area (Å²) >= 11 is 0. The molecule has 5 heterocycles. The maximum Gasteiger partial charge on any atom is 0.307 e. The van der Waals surface area contributed by atoms with Gasteiger partial charge in [0, 0.05) is 35.8 Å². The van der Waals surface area contributed by atoms with Gasteiger partial charge in [-0.25, -0.2) is 13.4 Å². The average molecular weight is 876 g/mol. The van der Waals surface area contributed by atoms with E-state index in [1.54, 1.807) is 32.6 Å². The van der Waals surface area contributed by atoms with E-state index in [0.717, 1.165) is 61.1 Å². The molecule has 4 fully saturated rings. The summed E-state index contributed by atoms with van der Waals surface area (Å²) in [6.45, 7) is 12.6. The molecule has 0 bridgehead atoms. The number of pyridine rings is 1. The largest absolute Gasteiger partial charge is 0.492 e. The molecule has 1 aromatic carbocycles. The summed E-state index contributed by atoms with van der Waals surface area (Å²) in [6.07, 6.45) is 13.3. The molecular weight excluding hydrogens is 811 g/mol. The van der Waals surface area contributed by atoms with Gasteiger partial charge in [0.2, 0.25) is 21.8 Å². The SMILES string of the molecule is Cc1nc2ccc(OCCN3CCCCC3)cc2c2c1O[C@]1(CC2)C[C@H]2C(=O)N[C@]3(C(=O)NS(=O)(=O)C4(C)CC4)C[C@H]3/C=C\CCCCC[C@H](CC(=O)OC(C)(C)C)C(=O)N2C1. The van der Waals surface area contributed by atoms with E-state index in [0.29, 0.717) is 56.6 Å². The highest BCUT2D eigenvalue weighted by Gasteiger charge is 2.64. The van der Waals surface area contributed by atoms with Crippen molar-refractivity contribution in [1.82, 2.24) is 24.8 Å². The molecule has 2 saturated carbocycles. The van der Waals surface area contributed by atoms with E-state index in [-0.39, 0.29) is 31.7 Å². The number of hydrogen-bond acceptors (Lipinski definition) is 11. The molecule has 1 spiro atoms. The molecule has 2 aliphatic carbocycles. The summed E-state index contributed by atoms with van der Waals surface area (Å²) < 4.78 is 46.9. The second-order valence-corrected chi connectivity index (χ2v) is 22.3. The zero-order valence-corrected chi connectivity index (χ0v) is 38.0. The van der Waals surface area contributed by atoms with Crippen LogP contribution in [0.4, 0.5) is 0 Å². The minimum Gasteiger partial charge on any atom is -0.492 e. The number of likely N-dealkylation sites (tertiary alicyclic amines) is 1. The molecule has 3 amide bonds. The molecular formula is C47H65N5O9S. The van der Waals surface area contributed by atoms with E-state index >= 15 is 0 Å². The van der Waals surface area contributed by atoms with E-state index < -0.39 is 67.2 Å². The fraction of sp³-hybridized carbons (Fsp3) is 0.681. The summed E-state index contributed by atoms with van der Waals surface area (Å²) in [5.41, 5.74) is -0.696. The zero-order chi connectivity index (χ0) is 44.1. The Bertz CT molecular complexity index is 2230. The lowest BCUT2D eigenvalue weighted by molar-refractivity contribution is -0.159. The number of allylic oxidation sites excluding steroid dienone is 1. The predicted molar refractivity (Wildman–Crippen MR) is 234 cm³/mol. The van der Waals surface area contributed by atoms with Crippen LogP contribution in [0.25, 0.3) is 10.9 Å². The Balaban J connectivity index is 1.09. The van der Waals surface area contributed by atoms with Crippen LogP contribution in [0.2, 0.25) is 0 Å². The van der Waals surface area contributed by atoms with Crippen molar-refractivity contribution in [1.29, 1.82) is 0 Å². The monoisotopic (exact) mass is 875 g/mol. The van der Waals surface area contributed by atoms with E-state index in [4.69, 9.17) is 19.2 Å². The van der Waals surface area contributed by atoms with Gasteiger partial charge in [-0.3, -0.25) is 28.8 Å². The van der Waals surface area contributed by atoms with Crippen molar-refractivity contribution in [2.24, 2.45) is 11.8 Å². The Morgan fingerprint density at radius 1 is 1.03 bits per heavy atom. The standard InChI is InChI=1S/C47H65N5O9S/c1-31-40-35(36-27-34(16-17-37(36)48-31)59-25-24-51-22-12-9-13-23-51)18-19-46(61-40)29-38-41(54)49-47(43(56)50-62(57,58)45(5)20-21-45)28-33(47)15-11-8-6-7-10-14-32(42(55)52(38)30-46)26-39(53)60-44(2,3)4/h11,15-17,27,32-33,38H,6-10,12-14,18-26,28-30H2,1-5H3,(H,49,54)(H,50,56)/b15-11-/t32-,33-,38+,46-,47-/m1/s1. The number of hydrogen-bond donors (Lipinski definition) is 2. The van der Waals surface area contributed by atoms with Crippen molar-refractivity contribution in [3.8, 4) is 11.5 Å². The Labute approximate surface area is 366 Å². The molecule has 14 nitrogen and oxygen atoms in total. The van der Waals surface area contributed by atoms with Gasteiger partial charge in [0.1, 0.15) is 40.9 Å². The molecule has 6 aliphatic rings. The minimum absolute atomic E-state index is 0.0839. The van der Waals surface area contributed by atoms with E-state index in [1.165, 1.54) is 19.3 Å². The molecule has 62 heavy (non-hydrogen) atoms. The summed E-state index contributed by atoms with van der Waals surface area (Å²) in [4.78, 5) is 66.1. The number of fused-ring (bicyclic) bond motifs is 5. The lowest BCUT2D eigenvalue weighted by atomic mass is 9.87. The number of piperidine rings is 1. The third-order valence-corrected chi connectivity index (χ3v) is 16.2. The molecule has 2 N–H and O–H groups in total. The van der Waals surface area contributed by atoms with Gasteiger partial charge in [0.15, 0.2) is 0 Å². The van der Waals surface area contributed by atoms with Crippen molar-refractivity contribution < 1.29 is 41.8 Å². The van der Waals surface area contributed by atoms with Gasteiger partial charge in [-0.1, -0.05) is 31.4 Å². The van der Waals surface area contributed by atoms with Crippen LogP contribution in [0.15, 0.2) is 30.4 Å². The molecule has 8 rings (SSSR count). The van der Waals surface area contributed by atoms with Crippen LogP contribution in [0.3, 0.4) is 0 Å². The second-order valence-electron chi connectivity index (χ2n) is 20.1. The van der Waals surface area contributed by atoms with Crippen LogP contribution in [-0.2, 0) is 40.4 Å². The molecule has 15 heteroatoms. The molecule has 2 aromatic rings. The summed E-state index contributed by atoms with van der Waals surface area (Å²) in [5, 5.41) is 3.93. The van der Waals surface area contributed by atoms with Gasteiger partial charge in [-0.05, 0) is 130 Å². The third-order valence-electron chi connectivity index (χ3n) is 14.0. The number of carbonyl (C=O) groups excluding carboxylic acids is 4. The maximum absolute atomic E-state index is 14.9. The third kappa shape index (κ3) is 9.35. The summed E-state index contributed by atoms with van der Waals surface area (Å²) in [6, 6.07) is 4.91. The van der Waals surface area contributed by atoms with Crippen LogP contribution in [-0.4, -0.2) is 107 Å². The first-order valence-corrected chi connectivity index (χ1v) is 24.4. The number of benzene rings is 1. The van der Waals surface area contributed by atoms with Crippen molar-refractivity contribution in [3.63, 3.8) is 0 Å². The first-order chi connectivity index (χ1) is 29.4. The molecule has 2 saturated heterocycles. The number of aryl methyl sites for hydroxylation is 2. The fourth-order valence-corrected chi connectivity index (χ4v) is 11.3. The molecule has 0 radical (unpaired) electrons. The molecule has 338 valence electrons. The topological polar surface area (TPSA) is 174 Å². The van der Waals surface area contributed by atoms with Crippen LogP contribution in [0.1, 0.15) is 129 Å². The van der Waals surface area contributed by atoms with Crippen molar-refractivity contribution in [3.05, 3.63) is 41.6 Å². The number of carbonyl (C=O) groups is 4. The quantitative estimate of drug-likeness (QED) is 0.230. The lowest BCUT2D eigenvalue weighted by Gasteiger charge is -2.36. The molecule has 4 aliphatic heterocycles. The molecule has 0 unspecified atom stereocenters. The van der Waals surface area contributed by atoms with Crippen LogP contribution < -0.4 is 19.5 Å². The van der Waals surface area contributed by atoms with Crippen molar-refractivity contribution >= 4 is 44.6 Å². The number of ether oxygens (including phenoxy) is 3. The number of rotatable bonds is 9. The van der Waals surface area contributed by atoms with Crippen molar-refractivity contribution in [2.75, 3.05) is 32.8 Å². The number of esters is 1. The van der Waals surface area contributed by atoms with E-state index in [1.807, 2.05) is 37.3 Å². The predicted octanol–water partition coefficient (Wildman–Crippen LogP) is 5.81. The highest BCUT2D eigenvalue weighted by Crippen LogP contribution is 2.49. The van der Waals surface area contributed by atoms with Crippen LogP contribution in [0.5, 0.6) is 11.5 Å². The first-order valence-electron chi connectivity index (χ1n) is 23.0. The second kappa shape index (κ2) is 17.0. The van der Waals surface area contributed by atoms with Gasteiger partial charge in [-0.2, -0.15) is 0 Å². The van der Waals surface area contributed by atoms with Crippen molar-refractivity contribution in [2.45, 2.75) is 158 Å². The number of nitrogens with one attached hydrogen (secondary N) is 2. The van der Waals surface area contributed by atoms with Crippen LogP contribution >= 0.6 is 0 Å². The summed E-state index contributed by atoms with van der Waals surface area (Å²) in [7, 11) is -3.99. The molecule has 1 aromatic heterocycles. The fourth-order valence-electron chi connectivity index (χ4n) is 9.95.